The van der Waals surface area contributed by atoms with E-state index < -0.39 is 5.78 Å². The Morgan fingerprint density at radius 2 is 1.79 bits per heavy atom. The third-order valence-electron chi connectivity index (χ3n) is 3.02. The van der Waals surface area contributed by atoms with Crippen LogP contribution in [0.3, 0.4) is 0 Å². The molecule has 0 N–H and O–H groups in total. The summed E-state index contributed by atoms with van der Waals surface area (Å²) in [6, 6.07) is 6.88. The second-order valence-corrected chi connectivity index (χ2v) is 4.59. The van der Waals surface area contributed by atoms with Crippen molar-refractivity contribution in [2.45, 2.75) is 45.4 Å². The highest BCUT2D eigenvalue weighted by molar-refractivity contribution is 6.34. The molecule has 0 atom stereocenters. The number of aldehydes is 1. The predicted octanol–water partition coefficient (Wildman–Crippen LogP) is 3.81. The number of ether oxygens (including phenoxy) is 1. The third kappa shape index (κ3) is 5.69. The third-order valence-corrected chi connectivity index (χ3v) is 3.02. The molecule has 1 aromatic rings. The van der Waals surface area contributed by atoms with Gasteiger partial charge in [-0.2, -0.15) is 0 Å². The van der Waals surface area contributed by atoms with Crippen LogP contribution in [0.5, 0.6) is 5.75 Å². The summed E-state index contributed by atoms with van der Waals surface area (Å²) in [5, 5.41) is 0. The van der Waals surface area contributed by atoms with Crippen molar-refractivity contribution in [1.82, 2.24) is 0 Å². The van der Waals surface area contributed by atoms with Gasteiger partial charge in [-0.25, -0.2) is 0 Å². The Hall–Kier alpha value is -1.64. The topological polar surface area (TPSA) is 43.4 Å². The highest BCUT2D eigenvalue weighted by Crippen LogP contribution is 2.18. The minimum Gasteiger partial charge on any atom is -0.493 e. The molecule has 0 spiro atoms. The van der Waals surface area contributed by atoms with E-state index in [4.69, 9.17) is 4.74 Å². The Labute approximate surface area is 115 Å². The monoisotopic (exact) mass is 262 g/mol. The summed E-state index contributed by atoms with van der Waals surface area (Å²) in [6.07, 6.45) is 7.49. The molecule has 0 aliphatic heterocycles. The first-order chi connectivity index (χ1) is 9.29. The average Bonchev–Trinajstić information content (AvgIpc) is 2.46. The Balaban J connectivity index is 2.33. The minimum absolute atomic E-state index is 0.326. The number of carbonyl (C=O) groups is 2. The molecule has 3 heteroatoms. The van der Waals surface area contributed by atoms with Crippen molar-refractivity contribution in [2.24, 2.45) is 0 Å². The molecule has 0 saturated carbocycles. The smallest absolute Gasteiger partial charge is 0.229 e. The van der Waals surface area contributed by atoms with Crippen molar-refractivity contribution in [3.63, 3.8) is 0 Å². The van der Waals surface area contributed by atoms with Gasteiger partial charge in [-0.15, -0.1) is 0 Å². The highest BCUT2D eigenvalue weighted by atomic mass is 16.5. The molecule has 0 amide bonds. The van der Waals surface area contributed by atoms with Crippen molar-refractivity contribution >= 4 is 12.1 Å². The molecule has 0 heterocycles. The van der Waals surface area contributed by atoms with E-state index in [9.17, 15) is 9.59 Å². The van der Waals surface area contributed by atoms with Gasteiger partial charge in [0.25, 0.3) is 0 Å². The highest BCUT2D eigenvalue weighted by Gasteiger charge is 2.10. The molecule has 0 aromatic heterocycles. The van der Waals surface area contributed by atoms with Crippen molar-refractivity contribution in [1.29, 1.82) is 0 Å². The molecular weight excluding hydrogens is 240 g/mol. The minimum atomic E-state index is -0.529. The van der Waals surface area contributed by atoms with Gasteiger partial charge in [-0.1, -0.05) is 51.2 Å². The summed E-state index contributed by atoms with van der Waals surface area (Å²) >= 11 is 0. The fraction of sp³-hybridized carbons (Fsp3) is 0.500. The van der Waals surface area contributed by atoms with Crippen LogP contribution < -0.4 is 4.74 Å². The zero-order valence-corrected chi connectivity index (χ0v) is 11.6. The molecule has 0 saturated heterocycles. The van der Waals surface area contributed by atoms with E-state index in [1.54, 1.807) is 24.3 Å². The SMILES string of the molecule is CCCCCCCCOc1ccccc1C(=O)C=O. The number of rotatable bonds is 10. The summed E-state index contributed by atoms with van der Waals surface area (Å²) in [5.74, 6) is -0.0216. The van der Waals surface area contributed by atoms with E-state index in [-0.39, 0.29) is 0 Å². The van der Waals surface area contributed by atoms with Crippen molar-refractivity contribution < 1.29 is 14.3 Å². The summed E-state index contributed by atoms with van der Waals surface area (Å²) in [7, 11) is 0. The normalized spacial score (nSPS) is 10.2. The van der Waals surface area contributed by atoms with Gasteiger partial charge in [-0.05, 0) is 18.6 Å². The van der Waals surface area contributed by atoms with Crippen LogP contribution in [0, 0.1) is 0 Å². The van der Waals surface area contributed by atoms with Gasteiger partial charge in [0.2, 0.25) is 5.78 Å². The van der Waals surface area contributed by atoms with Gasteiger partial charge in [0, 0.05) is 0 Å². The van der Waals surface area contributed by atoms with Crippen LogP contribution in [-0.4, -0.2) is 18.7 Å². The Kier molecular flexibility index (Phi) is 7.56. The zero-order valence-electron chi connectivity index (χ0n) is 11.6. The van der Waals surface area contributed by atoms with Crippen LogP contribution in [0.2, 0.25) is 0 Å². The summed E-state index contributed by atoms with van der Waals surface area (Å²) in [5.41, 5.74) is 0.350. The molecule has 0 unspecified atom stereocenters. The van der Waals surface area contributed by atoms with E-state index in [1.807, 2.05) is 0 Å². The Morgan fingerprint density at radius 3 is 2.53 bits per heavy atom. The quantitative estimate of drug-likeness (QED) is 0.279. The Bertz CT molecular complexity index is 399. The van der Waals surface area contributed by atoms with E-state index in [1.165, 1.54) is 25.7 Å². The van der Waals surface area contributed by atoms with Crippen LogP contribution in [0.1, 0.15) is 55.8 Å². The number of hydrogen-bond donors (Lipinski definition) is 0. The number of ketones is 1. The van der Waals surface area contributed by atoms with E-state index >= 15 is 0 Å². The maximum absolute atomic E-state index is 11.4. The van der Waals surface area contributed by atoms with Crippen molar-refractivity contribution in [3.05, 3.63) is 29.8 Å². The van der Waals surface area contributed by atoms with Gasteiger partial charge in [0.05, 0.1) is 12.2 Å². The van der Waals surface area contributed by atoms with Crippen LogP contribution >= 0.6 is 0 Å². The lowest BCUT2D eigenvalue weighted by atomic mass is 10.1. The number of unbranched alkanes of at least 4 members (excludes halogenated alkanes) is 5. The number of Topliss-reactive ketones (excluding diaryl/α,β-unsaturated/α-hetero) is 1. The lowest BCUT2D eigenvalue weighted by molar-refractivity contribution is -0.104. The Morgan fingerprint density at radius 1 is 1.11 bits per heavy atom. The van der Waals surface area contributed by atoms with Gasteiger partial charge in [0.1, 0.15) is 5.75 Å². The fourth-order valence-electron chi connectivity index (χ4n) is 1.92. The molecular formula is C16H22O3. The van der Waals surface area contributed by atoms with Crippen LogP contribution in [0.25, 0.3) is 0 Å². The fourth-order valence-corrected chi connectivity index (χ4v) is 1.92. The molecule has 1 aromatic carbocycles. The van der Waals surface area contributed by atoms with Gasteiger partial charge >= 0.3 is 0 Å². The number of benzene rings is 1. The molecule has 0 aliphatic carbocycles. The van der Waals surface area contributed by atoms with Gasteiger partial charge in [0.15, 0.2) is 6.29 Å². The van der Waals surface area contributed by atoms with Crippen LogP contribution in [0.15, 0.2) is 24.3 Å². The summed E-state index contributed by atoms with van der Waals surface area (Å²) < 4.78 is 5.59. The molecule has 0 radical (unpaired) electrons. The first kappa shape index (κ1) is 15.4. The summed E-state index contributed by atoms with van der Waals surface area (Å²) in [6.45, 7) is 2.79. The maximum atomic E-state index is 11.4. The standard InChI is InChI=1S/C16H22O3/c1-2-3-4-5-6-9-12-19-16-11-8-7-10-14(16)15(18)13-17/h7-8,10-11,13H,2-6,9,12H2,1H3. The second-order valence-electron chi connectivity index (χ2n) is 4.59. The van der Waals surface area contributed by atoms with Crippen LogP contribution in [0.4, 0.5) is 0 Å². The predicted molar refractivity (Wildman–Crippen MR) is 75.7 cm³/mol. The average molecular weight is 262 g/mol. The van der Waals surface area contributed by atoms with Gasteiger partial charge < -0.3 is 4.74 Å². The molecule has 1 rings (SSSR count). The molecule has 3 nitrogen and oxygen atoms in total. The van der Waals surface area contributed by atoms with Crippen molar-refractivity contribution in [3.8, 4) is 5.75 Å². The van der Waals surface area contributed by atoms with E-state index in [0.29, 0.717) is 24.2 Å². The molecule has 0 bridgehead atoms. The lowest BCUT2D eigenvalue weighted by Crippen LogP contribution is -2.05. The van der Waals surface area contributed by atoms with Crippen molar-refractivity contribution in [2.75, 3.05) is 6.61 Å². The lowest BCUT2D eigenvalue weighted by Gasteiger charge is -2.09. The number of carbonyl (C=O) groups excluding carboxylic acids is 2. The molecule has 0 fully saturated rings. The first-order valence-corrected chi connectivity index (χ1v) is 7.01. The van der Waals surface area contributed by atoms with Crippen LogP contribution in [-0.2, 0) is 4.79 Å². The zero-order chi connectivity index (χ0) is 13.9. The number of para-hydroxylation sites is 1. The largest absolute Gasteiger partial charge is 0.493 e. The first-order valence-electron chi connectivity index (χ1n) is 7.01. The molecule has 0 aliphatic rings. The molecule has 19 heavy (non-hydrogen) atoms. The molecule has 104 valence electrons. The van der Waals surface area contributed by atoms with E-state index in [2.05, 4.69) is 6.92 Å². The second kappa shape index (κ2) is 9.31. The number of hydrogen-bond acceptors (Lipinski definition) is 3. The summed E-state index contributed by atoms with van der Waals surface area (Å²) in [4.78, 5) is 21.9. The van der Waals surface area contributed by atoms with Gasteiger partial charge in [-0.3, -0.25) is 9.59 Å². The maximum Gasteiger partial charge on any atom is 0.229 e. The van der Waals surface area contributed by atoms with E-state index in [0.717, 1.165) is 12.8 Å².